The van der Waals surface area contributed by atoms with Gasteiger partial charge >= 0.3 is 0 Å². The van der Waals surface area contributed by atoms with Gasteiger partial charge in [-0.25, -0.2) is 13.4 Å². The Morgan fingerprint density at radius 3 is 2.79 bits per heavy atom. The summed E-state index contributed by atoms with van der Waals surface area (Å²) in [4.78, 5) is 10.6. The fourth-order valence-electron chi connectivity index (χ4n) is 2.28. The van der Waals surface area contributed by atoms with E-state index in [0.29, 0.717) is 18.4 Å². The molecule has 19 heavy (non-hydrogen) atoms. The van der Waals surface area contributed by atoms with E-state index in [2.05, 4.69) is 15.3 Å². The van der Waals surface area contributed by atoms with E-state index >= 15 is 0 Å². The minimum atomic E-state index is -2.88. The number of hydrogen-bond acceptors (Lipinski definition) is 6. The highest BCUT2D eigenvalue weighted by molar-refractivity contribution is 7.91. The Labute approximate surface area is 113 Å². The molecule has 2 fully saturated rings. The molecule has 1 aliphatic carbocycles. The highest BCUT2D eigenvalue weighted by atomic mass is 32.2. The quantitative estimate of drug-likeness (QED) is 0.875. The van der Waals surface area contributed by atoms with Crippen molar-refractivity contribution in [3.63, 3.8) is 0 Å². The lowest BCUT2D eigenvalue weighted by Crippen LogP contribution is -2.34. The third-order valence-electron chi connectivity index (χ3n) is 3.64. The van der Waals surface area contributed by atoms with Gasteiger partial charge in [0, 0.05) is 25.3 Å². The summed E-state index contributed by atoms with van der Waals surface area (Å²) in [5, 5.41) is 3.32. The number of nitrogens with zero attached hydrogens (tertiary/aromatic N) is 3. The standard InChI is InChI=1S/C12H18N4O2S/c1-16(10-5-7-19(17,18)8-10)12-13-6-4-11(15-12)14-9-2-3-9/h4,6,9-10H,2-3,5,7-8H2,1H3,(H,13,14,15). The van der Waals surface area contributed by atoms with Crippen LogP contribution in [0.15, 0.2) is 12.3 Å². The average molecular weight is 282 g/mol. The molecule has 0 radical (unpaired) electrons. The zero-order valence-electron chi connectivity index (χ0n) is 10.9. The first-order valence-corrected chi connectivity index (χ1v) is 8.38. The molecule has 1 saturated carbocycles. The fraction of sp³-hybridized carbons (Fsp3) is 0.667. The van der Waals surface area contributed by atoms with Crippen molar-refractivity contribution in [1.29, 1.82) is 0 Å². The molecule has 6 nitrogen and oxygen atoms in total. The van der Waals surface area contributed by atoms with Crippen molar-refractivity contribution in [2.24, 2.45) is 0 Å². The van der Waals surface area contributed by atoms with Gasteiger partial charge in [-0.1, -0.05) is 0 Å². The monoisotopic (exact) mass is 282 g/mol. The Bertz CT molecular complexity index is 571. The third kappa shape index (κ3) is 2.97. The maximum absolute atomic E-state index is 11.5. The summed E-state index contributed by atoms with van der Waals surface area (Å²) >= 11 is 0. The Kier molecular flexibility index (Phi) is 3.08. The van der Waals surface area contributed by atoms with Crippen molar-refractivity contribution in [1.82, 2.24) is 9.97 Å². The second-order valence-electron chi connectivity index (χ2n) is 5.33. The predicted octanol–water partition coefficient (Wildman–Crippen LogP) is 0.674. The zero-order valence-corrected chi connectivity index (χ0v) is 11.7. The molecule has 1 N–H and O–H groups in total. The summed E-state index contributed by atoms with van der Waals surface area (Å²) in [6, 6.07) is 2.38. The maximum atomic E-state index is 11.5. The number of anilines is 2. The number of rotatable bonds is 4. The summed E-state index contributed by atoms with van der Waals surface area (Å²) in [7, 11) is -1.02. The Morgan fingerprint density at radius 2 is 2.16 bits per heavy atom. The topological polar surface area (TPSA) is 75.2 Å². The Morgan fingerprint density at radius 1 is 1.37 bits per heavy atom. The molecule has 0 spiro atoms. The van der Waals surface area contributed by atoms with E-state index in [1.54, 1.807) is 6.20 Å². The van der Waals surface area contributed by atoms with E-state index in [1.165, 1.54) is 12.8 Å². The van der Waals surface area contributed by atoms with Crippen LogP contribution in [0.5, 0.6) is 0 Å². The van der Waals surface area contributed by atoms with Gasteiger partial charge in [-0.3, -0.25) is 0 Å². The van der Waals surface area contributed by atoms with E-state index < -0.39 is 9.84 Å². The van der Waals surface area contributed by atoms with E-state index in [-0.39, 0.29) is 17.5 Å². The van der Waals surface area contributed by atoms with Gasteiger partial charge in [0.2, 0.25) is 5.95 Å². The van der Waals surface area contributed by atoms with Crippen molar-refractivity contribution in [3.8, 4) is 0 Å². The summed E-state index contributed by atoms with van der Waals surface area (Å²) in [6.07, 6.45) is 4.75. The molecule has 1 unspecified atom stereocenters. The minimum absolute atomic E-state index is 0.0128. The summed E-state index contributed by atoms with van der Waals surface area (Å²) in [6.45, 7) is 0. The second-order valence-corrected chi connectivity index (χ2v) is 7.56. The first-order chi connectivity index (χ1) is 9.03. The number of sulfone groups is 1. The van der Waals surface area contributed by atoms with Crippen LogP contribution in [0.4, 0.5) is 11.8 Å². The summed E-state index contributed by atoms with van der Waals surface area (Å²) < 4.78 is 23.0. The number of nitrogens with one attached hydrogen (secondary N) is 1. The summed E-state index contributed by atoms with van der Waals surface area (Å²) in [5.41, 5.74) is 0. The highest BCUT2D eigenvalue weighted by Crippen LogP contribution is 2.25. The van der Waals surface area contributed by atoms with Crippen LogP contribution in [0.3, 0.4) is 0 Å². The molecular weight excluding hydrogens is 264 g/mol. The molecule has 1 aromatic heterocycles. The third-order valence-corrected chi connectivity index (χ3v) is 5.39. The molecule has 0 bridgehead atoms. The van der Waals surface area contributed by atoms with Crippen molar-refractivity contribution in [2.75, 3.05) is 28.8 Å². The van der Waals surface area contributed by atoms with Gasteiger partial charge in [0.25, 0.3) is 0 Å². The maximum Gasteiger partial charge on any atom is 0.227 e. The summed E-state index contributed by atoms with van der Waals surface area (Å²) in [5.74, 6) is 1.88. The van der Waals surface area contributed by atoms with Crippen LogP contribution >= 0.6 is 0 Å². The predicted molar refractivity (Wildman–Crippen MR) is 74.1 cm³/mol. The minimum Gasteiger partial charge on any atom is -0.367 e. The van der Waals surface area contributed by atoms with Crippen LogP contribution in [0.25, 0.3) is 0 Å². The van der Waals surface area contributed by atoms with Crippen LogP contribution < -0.4 is 10.2 Å². The van der Waals surface area contributed by atoms with Crippen LogP contribution in [0.1, 0.15) is 19.3 Å². The number of aromatic nitrogens is 2. The molecule has 104 valence electrons. The van der Waals surface area contributed by atoms with E-state index in [1.807, 2.05) is 18.0 Å². The second kappa shape index (κ2) is 4.63. The van der Waals surface area contributed by atoms with Gasteiger partial charge in [-0.15, -0.1) is 0 Å². The van der Waals surface area contributed by atoms with Crippen molar-refractivity contribution in [3.05, 3.63) is 12.3 Å². The fourth-order valence-corrected chi connectivity index (χ4v) is 4.05. The zero-order chi connectivity index (χ0) is 13.5. The Hall–Kier alpha value is -1.37. The molecule has 1 atom stereocenters. The van der Waals surface area contributed by atoms with Crippen LogP contribution in [0.2, 0.25) is 0 Å². The van der Waals surface area contributed by atoms with Gasteiger partial charge in [0.05, 0.1) is 11.5 Å². The molecule has 1 saturated heterocycles. The van der Waals surface area contributed by atoms with Gasteiger partial charge in [0.1, 0.15) is 5.82 Å². The first kappa shape index (κ1) is 12.7. The lowest BCUT2D eigenvalue weighted by Gasteiger charge is -2.23. The van der Waals surface area contributed by atoms with Gasteiger partial charge in [-0.2, -0.15) is 4.98 Å². The van der Waals surface area contributed by atoms with Crippen molar-refractivity contribution >= 4 is 21.6 Å². The molecule has 0 aromatic carbocycles. The number of hydrogen-bond donors (Lipinski definition) is 1. The lowest BCUT2D eigenvalue weighted by atomic mass is 10.2. The van der Waals surface area contributed by atoms with Crippen LogP contribution in [0, 0.1) is 0 Å². The molecule has 2 heterocycles. The largest absolute Gasteiger partial charge is 0.367 e. The molecule has 2 aliphatic rings. The van der Waals surface area contributed by atoms with Crippen LogP contribution in [-0.4, -0.2) is 49.0 Å². The molecular formula is C12H18N4O2S. The molecule has 7 heteroatoms. The first-order valence-electron chi connectivity index (χ1n) is 6.56. The Balaban J connectivity index is 1.73. The van der Waals surface area contributed by atoms with E-state index in [0.717, 1.165) is 5.82 Å². The van der Waals surface area contributed by atoms with Gasteiger partial charge < -0.3 is 10.2 Å². The smallest absolute Gasteiger partial charge is 0.227 e. The van der Waals surface area contributed by atoms with Gasteiger partial charge in [0.15, 0.2) is 9.84 Å². The van der Waals surface area contributed by atoms with Gasteiger partial charge in [-0.05, 0) is 25.3 Å². The molecule has 0 amide bonds. The average Bonchev–Trinajstić information content (AvgIpc) is 3.11. The van der Waals surface area contributed by atoms with E-state index in [9.17, 15) is 8.42 Å². The lowest BCUT2D eigenvalue weighted by molar-refractivity contribution is 0.600. The van der Waals surface area contributed by atoms with Crippen molar-refractivity contribution < 1.29 is 8.42 Å². The van der Waals surface area contributed by atoms with Crippen molar-refractivity contribution in [2.45, 2.75) is 31.3 Å². The normalized spacial score (nSPS) is 25.2. The highest BCUT2D eigenvalue weighted by Gasteiger charge is 2.32. The SMILES string of the molecule is CN(c1nccc(NC2CC2)n1)C1CCS(=O)(=O)C1. The molecule has 3 rings (SSSR count). The van der Waals surface area contributed by atoms with Crippen LogP contribution in [-0.2, 0) is 9.84 Å². The molecule has 1 aromatic rings. The van der Waals surface area contributed by atoms with E-state index in [4.69, 9.17) is 0 Å². The molecule has 1 aliphatic heterocycles.